The van der Waals surface area contributed by atoms with Crippen LogP contribution in [0.2, 0.25) is 0 Å². The molecule has 6 atom stereocenters. The molecule has 3 saturated heterocycles. The Balaban J connectivity index is 1.52. The van der Waals surface area contributed by atoms with Crippen LogP contribution in [-0.2, 0) is 25.7 Å². The number of halogens is 1. The third kappa shape index (κ3) is 6.71. The molecule has 2 bridgehead atoms. The van der Waals surface area contributed by atoms with Gasteiger partial charge in [0.15, 0.2) is 0 Å². The molecule has 3 amide bonds. The molecule has 3 aliphatic rings. The van der Waals surface area contributed by atoms with Crippen LogP contribution in [0.15, 0.2) is 79.9 Å². The van der Waals surface area contributed by atoms with Crippen LogP contribution in [0.5, 0.6) is 0 Å². The lowest BCUT2D eigenvalue weighted by Gasteiger charge is -2.37. The fourth-order valence-electron chi connectivity index (χ4n) is 7.94. The monoisotopic (exact) mass is 720 g/mol. The summed E-state index contributed by atoms with van der Waals surface area (Å²) < 4.78 is 6.81. The smallest absolute Gasteiger partial charge is 0.253 e. The van der Waals surface area contributed by atoms with Gasteiger partial charge in [0.1, 0.15) is 11.6 Å². The third-order valence-corrected chi connectivity index (χ3v) is 11.0. The molecule has 10 heteroatoms. The second-order valence-corrected chi connectivity index (χ2v) is 14.1. The number of carbonyl (C=O) groups is 3. The predicted molar refractivity (Wildman–Crippen MR) is 193 cm³/mol. The number of benzene rings is 2. The molecule has 3 fully saturated rings. The first kappa shape index (κ1) is 35.8. The van der Waals surface area contributed by atoms with Crippen molar-refractivity contribution < 1.29 is 24.2 Å². The van der Waals surface area contributed by atoms with Gasteiger partial charge in [-0.25, -0.2) is 0 Å². The number of likely N-dealkylation sites (tertiary alicyclic amines) is 1. The lowest BCUT2D eigenvalue weighted by atomic mass is 9.70. The first-order chi connectivity index (χ1) is 23.3. The van der Waals surface area contributed by atoms with Gasteiger partial charge in [-0.3, -0.25) is 14.4 Å². The van der Waals surface area contributed by atoms with Gasteiger partial charge in [0.25, 0.3) is 5.91 Å². The average Bonchev–Trinajstić information content (AvgIpc) is 3.69. The maximum Gasteiger partial charge on any atom is 0.253 e. The predicted octanol–water partition coefficient (Wildman–Crippen LogP) is 5.18. The maximum absolute atomic E-state index is 14.9. The summed E-state index contributed by atoms with van der Waals surface area (Å²) in [5.74, 6) is -2.18. The van der Waals surface area contributed by atoms with Crippen molar-refractivity contribution in [2.45, 2.75) is 68.6 Å². The normalized spacial score (nSPS) is 25.5. The number of rotatable bonds is 17. The van der Waals surface area contributed by atoms with E-state index in [4.69, 9.17) is 4.74 Å². The fourth-order valence-corrected chi connectivity index (χ4v) is 8.88. The van der Waals surface area contributed by atoms with E-state index in [9.17, 15) is 19.5 Å². The minimum atomic E-state index is -1.17. The largest absolute Gasteiger partial charge is 0.396 e. The molecule has 5 rings (SSSR count). The number of aliphatic hydroxyl groups is 1. The second-order valence-electron chi connectivity index (χ2n) is 12.9. The first-order valence-corrected chi connectivity index (χ1v) is 18.1. The van der Waals surface area contributed by atoms with Crippen LogP contribution >= 0.6 is 15.9 Å². The van der Waals surface area contributed by atoms with Gasteiger partial charge in [-0.1, -0.05) is 58.4 Å². The molecule has 2 aromatic carbocycles. The number of anilines is 2. The highest BCUT2D eigenvalue weighted by Gasteiger charge is 2.76. The third-order valence-electron chi connectivity index (χ3n) is 10.1. The lowest BCUT2D eigenvalue weighted by Crippen LogP contribution is -2.57. The van der Waals surface area contributed by atoms with Gasteiger partial charge in [0.2, 0.25) is 11.8 Å². The van der Waals surface area contributed by atoms with E-state index in [0.29, 0.717) is 51.0 Å². The highest BCUT2D eigenvalue weighted by Crippen LogP contribution is 2.60. The average molecular weight is 722 g/mol. The van der Waals surface area contributed by atoms with E-state index in [2.05, 4.69) is 47.8 Å². The van der Waals surface area contributed by atoms with E-state index in [0.717, 1.165) is 24.3 Å². The number of alkyl halides is 1. The molecule has 0 aromatic heterocycles. The summed E-state index contributed by atoms with van der Waals surface area (Å²) in [5.41, 5.74) is 1.58. The zero-order valence-corrected chi connectivity index (χ0v) is 29.8. The Kier molecular flexibility index (Phi) is 11.8. The number of ether oxygens (including phenoxy) is 1. The van der Waals surface area contributed by atoms with Crippen molar-refractivity contribution in [2.24, 2.45) is 11.8 Å². The number of nitrogens with zero attached hydrogens (tertiary/aromatic N) is 4. The molecular weight excluding hydrogens is 672 g/mol. The molecule has 3 heterocycles. The summed E-state index contributed by atoms with van der Waals surface area (Å²) in [6, 6.07) is 16.7. The Bertz CT molecular complexity index is 1450. The molecule has 2 aromatic rings. The van der Waals surface area contributed by atoms with Gasteiger partial charge in [-0.05, 0) is 69.4 Å². The molecule has 0 radical (unpaired) electrons. The van der Waals surface area contributed by atoms with Crippen molar-refractivity contribution in [3.05, 3.63) is 85.5 Å². The van der Waals surface area contributed by atoms with Crippen LogP contribution in [0.25, 0.3) is 0 Å². The molecule has 0 saturated carbocycles. The highest BCUT2D eigenvalue weighted by molar-refractivity contribution is 9.09. The summed E-state index contributed by atoms with van der Waals surface area (Å²) >= 11 is 3.81. The van der Waals surface area contributed by atoms with E-state index in [-0.39, 0.29) is 35.7 Å². The number of aliphatic hydroxyl groups excluding tert-OH is 1. The molecule has 1 N–H and O–H groups in total. The van der Waals surface area contributed by atoms with Gasteiger partial charge in [0, 0.05) is 62.1 Å². The minimum Gasteiger partial charge on any atom is -0.396 e. The Labute approximate surface area is 293 Å². The number of hydrogen-bond acceptors (Lipinski definition) is 6. The topological polar surface area (TPSA) is 93.6 Å². The molecule has 3 unspecified atom stereocenters. The summed E-state index contributed by atoms with van der Waals surface area (Å²) in [5, 5.41) is 9.41. The van der Waals surface area contributed by atoms with Crippen molar-refractivity contribution in [2.75, 3.05) is 49.1 Å². The van der Waals surface area contributed by atoms with Crippen LogP contribution < -0.4 is 9.80 Å². The Morgan fingerprint density at radius 1 is 0.979 bits per heavy atom. The zero-order valence-electron chi connectivity index (χ0n) is 28.2. The molecule has 0 aliphatic carbocycles. The van der Waals surface area contributed by atoms with E-state index >= 15 is 0 Å². The first-order valence-electron chi connectivity index (χ1n) is 17.2. The standard InChI is InChI=1S/C38H49BrN4O5/c1-5-21-41(26-27-15-11-9-12-16-27)35(45)31-32-36(46)43(23-13-10-14-24-44)34(38(32)25-30(39)33(31)48-38)37(47)42(22-6-2)29-19-17-28(18-20-29)40(7-3)8-4/h5-6,9,11-12,15-20,30-34,44H,1-2,7-8,10,13-14,21-26H2,3-4H3/t30?,31-,32+,33-,34?,38?/m1/s1. The highest BCUT2D eigenvalue weighted by atomic mass is 79.9. The summed E-state index contributed by atoms with van der Waals surface area (Å²) in [6.07, 6.45) is 5.21. The van der Waals surface area contributed by atoms with Crippen LogP contribution in [0, 0.1) is 11.8 Å². The Morgan fingerprint density at radius 3 is 2.27 bits per heavy atom. The molecule has 3 aliphatic heterocycles. The van der Waals surface area contributed by atoms with Crippen LogP contribution in [0.4, 0.5) is 11.4 Å². The van der Waals surface area contributed by atoms with Gasteiger partial charge in [-0.2, -0.15) is 0 Å². The van der Waals surface area contributed by atoms with E-state index in [1.807, 2.05) is 54.6 Å². The van der Waals surface area contributed by atoms with E-state index in [1.54, 1.807) is 26.9 Å². The summed E-state index contributed by atoms with van der Waals surface area (Å²) in [6.45, 7) is 15.1. The minimum absolute atomic E-state index is 0.0622. The molecule has 258 valence electrons. The van der Waals surface area contributed by atoms with Crippen LogP contribution in [0.3, 0.4) is 0 Å². The number of fused-ring (bicyclic) bond motifs is 1. The summed E-state index contributed by atoms with van der Waals surface area (Å²) in [7, 11) is 0. The Morgan fingerprint density at radius 2 is 1.65 bits per heavy atom. The lowest BCUT2D eigenvalue weighted by molar-refractivity contribution is -0.145. The molecule has 9 nitrogen and oxygen atoms in total. The van der Waals surface area contributed by atoms with Gasteiger partial charge < -0.3 is 29.4 Å². The van der Waals surface area contributed by atoms with Crippen molar-refractivity contribution in [3.63, 3.8) is 0 Å². The number of amides is 3. The van der Waals surface area contributed by atoms with Crippen molar-refractivity contribution in [3.8, 4) is 0 Å². The quantitative estimate of drug-likeness (QED) is 0.138. The van der Waals surface area contributed by atoms with Crippen molar-refractivity contribution in [1.82, 2.24) is 9.80 Å². The maximum atomic E-state index is 14.9. The molecule has 48 heavy (non-hydrogen) atoms. The Hall–Kier alpha value is -3.47. The second kappa shape index (κ2) is 15.8. The van der Waals surface area contributed by atoms with Gasteiger partial charge in [-0.15, -0.1) is 13.2 Å². The van der Waals surface area contributed by atoms with Gasteiger partial charge in [0.05, 0.1) is 17.9 Å². The van der Waals surface area contributed by atoms with Crippen molar-refractivity contribution in [1.29, 1.82) is 0 Å². The van der Waals surface area contributed by atoms with Crippen LogP contribution in [-0.4, -0.2) is 94.5 Å². The summed E-state index contributed by atoms with van der Waals surface area (Å²) in [4.78, 5) is 51.2. The van der Waals surface area contributed by atoms with Gasteiger partial charge >= 0.3 is 0 Å². The number of carbonyl (C=O) groups excluding carboxylic acids is 3. The van der Waals surface area contributed by atoms with Crippen LogP contribution in [0.1, 0.15) is 45.1 Å². The number of unbranched alkanes of at least 4 members (excludes halogenated alkanes) is 2. The van der Waals surface area contributed by atoms with E-state index in [1.165, 1.54) is 0 Å². The number of hydrogen-bond donors (Lipinski definition) is 1. The SMILES string of the molecule is C=CCN(Cc1ccccc1)C(=O)[C@H]1[C@@H]2OC3(CC2Br)C(C(=O)N(CC=C)c2ccc(N(CC)CC)cc2)N(CCCCCO)C(=O)[C@H]13. The molecule has 1 spiro atoms. The fraction of sp³-hybridized carbons (Fsp3) is 0.500. The zero-order chi connectivity index (χ0) is 34.4. The van der Waals surface area contributed by atoms with E-state index < -0.39 is 29.6 Å². The van der Waals surface area contributed by atoms with Crippen molar-refractivity contribution >= 4 is 45.0 Å². The molecular formula is C38H49BrN4O5.